The van der Waals surface area contributed by atoms with Crippen molar-refractivity contribution in [3.63, 3.8) is 0 Å². The Morgan fingerprint density at radius 2 is 2.07 bits per heavy atom. The topological polar surface area (TPSA) is 29.5 Å². The molecule has 5 heteroatoms. The molecule has 0 aliphatic heterocycles. The summed E-state index contributed by atoms with van der Waals surface area (Å²) in [5.41, 5.74) is 0.492. The first-order chi connectivity index (χ1) is 6.54. The molecule has 0 atom stereocenters. The van der Waals surface area contributed by atoms with E-state index in [0.29, 0.717) is 5.56 Å². The maximum atomic E-state index is 13.1. The normalized spacial score (nSPS) is 10.7. The number of rotatable bonds is 3. The first-order valence-electron chi connectivity index (χ1n) is 3.89. The van der Waals surface area contributed by atoms with E-state index < -0.39 is 18.2 Å². The molecule has 0 aromatic heterocycles. The Bertz CT molecular complexity index is 326. The molecule has 0 fully saturated rings. The molecule has 0 radical (unpaired) electrons. The van der Waals surface area contributed by atoms with Crippen LogP contribution in [0.3, 0.4) is 0 Å². The predicted molar refractivity (Wildman–Crippen MR) is 43.7 cm³/mol. The van der Waals surface area contributed by atoms with Crippen molar-refractivity contribution in [3.8, 4) is 5.75 Å². The first-order valence-corrected chi connectivity index (χ1v) is 3.89. The van der Waals surface area contributed by atoms with Gasteiger partial charge in [0.15, 0.2) is 11.6 Å². The van der Waals surface area contributed by atoms with Gasteiger partial charge in [0.2, 0.25) is 0 Å². The van der Waals surface area contributed by atoms with E-state index >= 15 is 0 Å². The number of benzene rings is 1. The molecule has 0 spiro atoms. The SMILES string of the molecule is Cc1cc(CO)cc(OC(F)F)c1F. The minimum atomic E-state index is -3.07. The van der Waals surface area contributed by atoms with E-state index in [0.717, 1.165) is 6.07 Å². The van der Waals surface area contributed by atoms with Crippen LogP contribution in [-0.4, -0.2) is 11.7 Å². The largest absolute Gasteiger partial charge is 0.432 e. The van der Waals surface area contributed by atoms with E-state index in [1.807, 2.05) is 0 Å². The number of hydrogen-bond donors (Lipinski definition) is 1. The molecule has 2 nitrogen and oxygen atoms in total. The lowest BCUT2D eigenvalue weighted by molar-refractivity contribution is -0.0523. The van der Waals surface area contributed by atoms with Crippen molar-refractivity contribution in [3.05, 3.63) is 29.1 Å². The second-order valence-electron chi connectivity index (χ2n) is 2.76. The molecular weight excluding hydrogens is 197 g/mol. The Kier molecular flexibility index (Phi) is 3.35. The van der Waals surface area contributed by atoms with Crippen molar-refractivity contribution >= 4 is 0 Å². The molecule has 0 saturated carbocycles. The monoisotopic (exact) mass is 206 g/mol. The lowest BCUT2D eigenvalue weighted by Gasteiger charge is -2.09. The smallest absolute Gasteiger partial charge is 0.387 e. The highest BCUT2D eigenvalue weighted by Gasteiger charge is 2.12. The van der Waals surface area contributed by atoms with Crippen LogP contribution in [0.25, 0.3) is 0 Å². The quantitative estimate of drug-likeness (QED) is 0.821. The van der Waals surface area contributed by atoms with Gasteiger partial charge in [0, 0.05) is 0 Å². The fourth-order valence-electron chi connectivity index (χ4n) is 1.08. The van der Waals surface area contributed by atoms with Gasteiger partial charge in [-0.1, -0.05) is 6.07 Å². The number of halogens is 3. The van der Waals surface area contributed by atoms with Gasteiger partial charge in [-0.15, -0.1) is 0 Å². The maximum absolute atomic E-state index is 13.1. The number of alkyl halides is 2. The highest BCUT2D eigenvalue weighted by molar-refractivity contribution is 5.35. The van der Waals surface area contributed by atoms with Gasteiger partial charge in [0.1, 0.15) is 0 Å². The zero-order valence-corrected chi connectivity index (χ0v) is 7.43. The van der Waals surface area contributed by atoms with E-state index in [1.54, 1.807) is 0 Å². The Morgan fingerprint density at radius 3 is 2.57 bits per heavy atom. The van der Waals surface area contributed by atoms with Crippen molar-refractivity contribution in [2.24, 2.45) is 0 Å². The summed E-state index contributed by atoms with van der Waals surface area (Å²) in [6, 6.07) is 2.42. The maximum Gasteiger partial charge on any atom is 0.387 e. The van der Waals surface area contributed by atoms with E-state index in [4.69, 9.17) is 5.11 Å². The Balaban J connectivity index is 3.07. The average molecular weight is 206 g/mol. The van der Waals surface area contributed by atoms with Gasteiger partial charge in [-0.05, 0) is 24.1 Å². The fourth-order valence-corrected chi connectivity index (χ4v) is 1.08. The predicted octanol–water partition coefficient (Wildman–Crippen LogP) is 2.23. The van der Waals surface area contributed by atoms with E-state index in [9.17, 15) is 13.2 Å². The van der Waals surface area contributed by atoms with Crippen molar-refractivity contribution in [1.82, 2.24) is 0 Å². The van der Waals surface area contributed by atoms with Gasteiger partial charge < -0.3 is 9.84 Å². The third-order valence-corrected chi connectivity index (χ3v) is 1.68. The van der Waals surface area contributed by atoms with Crippen LogP contribution in [0.15, 0.2) is 12.1 Å². The molecule has 0 aliphatic rings. The van der Waals surface area contributed by atoms with Crippen LogP contribution < -0.4 is 4.74 Å². The third kappa shape index (κ3) is 2.38. The minimum Gasteiger partial charge on any atom is -0.432 e. The molecule has 0 unspecified atom stereocenters. The number of hydrogen-bond acceptors (Lipinski definition) is 2. The van der Waals surface area contributed by atoms with Crippen LogP contribution in [0.4, 0.5) is 13.2 Å². The van der Waals surface area contributed by atoms with Gasteiger partial charge in [0.25, 0.3) is 0 Å². The number of ether oxygens (including phenoxy) is 1. The van der Waals surface area contributed by atoms with E-state index in [-0.39, 0.29) is 12.2 Å². The molecule has 0 heterocycles. The molecule has 0 amide bonds. The summed E-state index contributed by atoms with van der Waals surface area (Å²) in [7, 11) is 0. The lowest BCUT2D eigenvalue weighted by atomic mass is 10.1. The molecule has 0 saturated heterocycles. The Morgan fingerprint density at radius 1 is 1.43 bits per heavy atom. The van der Waals surface area contributed by atoms with Crippen LogP contribution in [0.5, 0.6) is 5.75 Å². The molecular formula is C9H9F3O2. The molecule has 0 bridgehead atoms. The summed E-state index contributed by atoms with van der Waals surface area (Å²) in [6.07, 6.45) is 0. The van der Waals surface area contributed by atoms with Crippen LogP contribution in [0.1, 0.15) is 11.1 Å². The summed E-state index contributed by atoms with van der Waals surface area (Å²) in [4.78, 5) is 0. The summed E-state index contributed by atoms with van der Waals surface area (Å²) in [5, 5.41) is 8.75. The molecule has 14 heavy (non-hydrogen) atoms. The van der Waals surface area contributed by atoms with Gasteiger partial charge >= 0.3 is 6.61 Å². The van der Waals surface area contributed by atoms with Crippen LogP contribution >= 0.6 is 0 Å². The third-order valence-electron chi connectivity index (χ3n) is 1.68. The van der Waals surface area contributed by atoms with Crippen LogP contribution in [0.2, 0.25) is 0 Å². The summed E-state index contributed by atoms with van der Waals surface area (Å²) < 4.78 is 40.7. The highest BCUT2D eigenvalue weighted by Crippen LogP contribution is 2.24. The summed E-state index contributed by atoms with van der Waals surface area (Å²) in [5.74, 6) is -1.37. The Hall–Kier alpha value is -1.23. The number of aliphatic hydroxyl groups excluding tert-OH is 1. The fraction of sp³-hybridized carbons (Fsp3) is 0.333. The van der Waals surface area contributed by atoms with Crippen molar-refractivity contribution < 1.29 is 23.0 Å². The highest BCUT2D eigenvalue weighted by atomic mass is 19.3. The van der Waals surface area contributed by atoms with Crippen molar-refractivity contribution in [1.29, 1.82) is 0 Å². The average Bonchev–Trinajstić information content (AvgIpc) is 2.11. The lowest BCUT2D eigenvalue weighted by Crippen LogP contribution is -2.05. The van der Waals surface area contributed by atoms with Gasteiger partial charge in [-0.25, -0.2) is 4.39 Å². The zero-order chi connectivity index (χ0) is 10.7. The molecule has 1 aromatic rings. The first kappa shape index (κ1) is 10.8. The summed E-state index contributed by atoms with van der Waals surface area (Å²) in [6.45, 7) is -2.01. The molecule has 0 aliphatic carbocycles. The van der Waals surface area contributed by atoms with Crippen LogP contribution in [0, 0.1) is 12.7 Å². The number of aliphatic hydroxyl groups is 1. The van der Waals surface area contributed by atoms with Crippen molar-refractivity contribution in [2.45, 2.75) is 20.1 Å². The summed E-state index contributed by atoms with van der Waals surface area (Å²) >= 11 is 0. The second-order valence-corrected chi connectivity index (χ2v) is 2.76. The van der Waals surface area contributed by atoms with Crippen molar-refractivity contribution in [2.75, 3.05) is 0 Å². The van der Waals surface area contributed by atoms with E-state index in [1.165, 1.54) is 13.0 Å². The number of aryl methyl sites for hydroxylation is 1. The van der Waals surface area contributed by atoms with Gasteiger partial charge in [-0.2, -0.15) is 8.78 Å². The molecule has 1 N–H and O–H groups in total. The standard InChI is InChI=1S/C9H9F3O2/c1-5-2-6(4-13)3-7(8(5)10)14-9(11)12/h2-3,9,13H,4H2,1H3. The zero-order valence-electron chi connectivity index (χ0n) is 7.43. The Labute approximate surface area is 78.9 Å². The molecule has 1 rings (SSSR count). The minimum absolute atomic E-state index is 0.159. The molecule has 78 valence electrons. The van der Waals surface area contributed by atoms with Gasteiger partial charge in [-0.3, -0.25) is 0 Å². The molecule has 1 aromatic carbocycles. The van der Waals surface area contributed by atoms with Crippen LogP contribution in [-0.2, 0) is 6.61 Å². The second kappa shape index (κ2) is 4.32. The van der Waals surface area contributed by atoms with Gasteiger partial charge in [0.05, 0.1) is 6.61 Å². The van der Waals surface area contributed by atoms with E-state index in [2.05, 4.69) is 4.74 Å².